The van der Waals surface area contributed by atoms with Crippen LogP contribution < -0.4 is 5.73 Å². The van der Waals surface area contributed by atoms with Crippen molar-refractivity contribution in [2.24, 2.45) is 0 Å². The van der Waals surface area contributed by atoms with Crippen LogP contribution in [0.15, 0.2) is 24.4 Å². The van der Waals surface area contributed by atoms with Gasteiger partial charge in [-0.25, -0.2) is 0 Å². The molecular weight excluding hydrogens is 200 g/mol. The summed E-state index contributed by atoms with van der Waals surface area (Å²) < 4.78 is 0. The average Bonchev–Trinajstić information content (AvgIpc) is 3.02. The van der Waals surface area contributed by atoms with Crippen LogP contribution in [0.5, 0.6) is 0 Å². The van der Waals surface area contributed by atoms with Crippen LogP contribution in [0.3, 0.4) is 0 Å². The van der Waals surface area contributed by atoms with Crippen molar-refractivity contribution in [3.8, 4) is 11.3 Å². The third-order valence-corrected chi connectivity index (χ3v) is 3.03. The second-order valence-electron chi connectivity index (χ2n) is 4.30. The standard InChI is InChI=1S/C12H14N4/c1-8-10(3-2-4-11(8)13)12-7-14-16(15-12)9-5-6-9/h2-4,7,9H,5-6,13H2,1H3. The number of nitrogen functional groups attached to an aromatic ring is 1. The maximum atomic E-state index is 5.88. The fraction of sp³-hybridized carbons (Fsp3) is 0.333. The lowest BCUT2D eigenvalue weighted by atomic mass is 10.1. The molecule has 0 atom stereocenters. The topological polar surface area (TPSA) is 56.7 Å². The van der Waals surface area contributed by atoms with Crippen LogP contribution >= 0.6 is 0 Å². The molecule has 0 amide bonds. The third kappa shape index (κ3) is 1.46. The molecule has 0 aliphatic heterocycles. The Labute approximate surface area is 94.1 Å². The van der Waals surface area contributed by atoms with Gasteiger partial charge in [-0.3, -0.25) is 0 Å². The van der Waals surface area contributed by atoms with E-state index in [9.17, 15) is 0 Å². The van der Waals surface area contributed by atoms with Crippen LogP contribution in [0.1, 0.15) is 24.4 Å². The number of hydrogen-bond acceptors (Lipinski definition) is 3. The fourth-order valence-electron chi connectivity index (χ4n) is 1.81. The maximum absolute atomic E-state index is 5.88. The minimum atomic E-state index is 0.523. The predicted octanol–water partition coefficient (Wildman–Crippen LogP) is 2.17. The number of hydrogen-bond donors (Lipinski definition) is 1. The SMILES string of the molecule is Cc1c(N)cccc1-c1cnn(C2CC2)n1. The zero-order valence-electron chi connectivity index (χ0n) is 9.22. The van der Waals surface area contributed by atoms with Gasteiger partial charge >= 0.3 is 0 Å². The van der Waals surface area contributed by atoms with Crippen molar-refractivity contribution in [2.45, 2.75) is 25.8 Å². The first-order valence-electron chi connectivity index (χ1n) is 5.53. The van der Waals surface area contributed by atoms with Gasteiger partial charge in [-0.15, -0.1) is 0 Å². The molecule has 4 heteroatoms. The van der Waals surface area contributed by atoms with Gasteiger partial charge < -0.3 is 5.73 Å². The number of aromatic nitrogens is 3. The van der Waals surface area contributed by atoms with Crippen molar-refractivity contribution >= 4 is 5.69 Å². The molecular formula is C12H14N4. The summed E-state index contributed by atoms with van der Waals surface area (Å²) in [5, 5.41) is 8.78. The lowest BCUT2D eigenvalue weighted by Gasteiger charge is -2.04. The lowest BCUT2D eigenvalue weighted by molar-refractivity contribution is 0.554. The Hall–Kier alpha value is -1.84. The monoisotopic (exact) mass is 214 g/mol. The minimum Gasteiger partial charge on any atom is -0.398 e. The highest BCUT2D eigenvalue weighted by Gasteiger charge is 2.25. The molecule has 1 aliphatic rings. The summed E-state index contributed by atoms with van der Waals surface area (Å²) >= 11 is 0. The highest BCUT2D eigenvalue weighted by atomic mass is 15.5. The van der Waals surface area contributed by atoms with Crippen molar-refractivity contribution < 1.29 is 0 Å². The number of benzene rings is 1. The van der Waals surface area contributed by atoms with Gasteiger partial charge in [0, 0.05) is 11.3 Å². The van der Waals surface area contributed by atoms with Crippen molar-refractivity contribution in [2.75, 3.05) is 5.73 Å². The minimum absolute atomic E-state index is 0.523. The predicted molar refractivity (Wildman–Crippen MR) is 62.9 cm³/mol. The number of nitrogens with zero attached hydrogens (tertiary/aromatic N) is 3. The van der Waals surface area contributed by atoms with Gasteiger partial charge in [0.25, 0.3) is 0 Å². The van der Waals surface area contributed by atoms with Crippen LogP contribution in [0.4, 0.5) is 5.69 Å². The normalized spacial score (nSPS) is 15.3. The van der Waals surface area contributed by atoms with Crippen molar-refractivity contribution in [1.82, 2.24) is 15.0 Å². The van der Waals surface area contributed by atoms with Crippen molar-refractivity contribution in [3.63, 3.8) is 0 Å². The Morgan fingerprint density at radius 3 is 2.94 bits per heavy atom. The van der Waals surface area contributed by atoms with Crippen LogP contribution in [-0.4, -0.2) is 15.0 Å². The smallest absolute Gasteiger partial charge is 0.113 e. The summed E-state index contributed by atoms with van der Waals surface area (Å²) in [5.74, 6) is 0. The van der Waals surface area contributed by atoms with Gasteiger partial charge in [0.1, 0.15) is 5.69 Å². The van der Waals surface area contributed by atoms with Crippen LogP contribution in [-0.2, 0) is 0 Å². The number of rotatable bonds is 2. The molecule has 2 N–H and O–H groups in total. The Kier molecular flexibility index (Phi) is 1.96. The molecule has 1 aromatic heterocycles. The molecule has 0 radical (unpaired) electrons. The molecule has 0 bridgehead atoms. The molecule has 1 aliphatic carbocycles. The fourth-order valence-corrected chi connectivity index (χ4v) is 1.81. The Bertz CT molecular complexity index is 526. The van der Waals surface area contributed by atoms with Crippen molar-refractivity contribution in [3.05, 3.63) is 30.0 Å². The van der Waals surface area contributed by atoms with Crippen LogP contribution in [0.2, 0.25) is 0 Å². The van der Waals surface area contributed by atoms with E-state index in [0.29, 0.717) is 6.04 Å². The van der Waals surface area contributed by atoms with Gasteiger partial charge in [0.05, 0.1) is 12.2 Å². The first kappa shape index (κ1) is 9.39. The third-order valence-electron chi connectivity index (χ3n) is 3.03. The van der Waals surface area contributed by atoms with E-state index in [1.807, 2.05) is 36.1 Å². The Balaban J connectivity index is 2.03. The largest absolute Gasteiger partial charge is 0.398 e. The zero-order chi connectivity index (χ0) is 11.1. The van der Waals surface area contributed by atoms with E-state index in [1.165, 1.54) is 12.8 Å². The van der Waals surface area contributed by atoms with Gasteiger partial charge in [-0.2, -0.15) is 15.0 Å². The van der Waals surface area contributed by atoms with E-state index in [4.69, 9.17) is 5.73 Å². The Morgan fingerprint density at radius 2 is 2.19 bits per heavy atom. The van der Waals surface area contributed by atoms with Gasteiger partial charge in [0.15, 0.2) is 0 Å². The first-order valence-corrected chi connectivity index (χ1v) is 5.53. The van der Waals surface area contributed by atoms with E-state index < -0.39 is 0 Å². The Morgan fingerprint density at radius 1 is 1.38 bits per heavy atom. The molecule has 1 fully saturated rings. The molecule has 0 unspecified atom stereocenters. The van der Waals surface area contributed by atoms with Crippen LogP contribution in [0.25, 0.3) is 11.3 Å². The van der Waals surface area contributed by atoms with E-state index in [2.05, 4.69) is 10.2 Å². The molecule has 2 aromatic rings. The van der Waals surface area contributed by atoms with Gasteiger partial charge in [0.2, 0.25) is 0 Å². The summed E-state index contributed by atoms with van der Waals surface area (Å²) in [6.45, 7) is 2.01. The van der Waals surface area contributed by atoms with Crippen LogP contribution in [0, 0.1) is 6.92 Å². The summed E-state index contributed by atoms with van der Waals surface area (Å²) in [4.78, 5) is 1.82. The summed E-state index contributed by atoms with van der Waals surface area (Å²) in [6, 6.07) is 6.42. The van der Waals surface area contributed by atoms with Gasteiger partial charge in [-0.1, -0.05) is 12.1 Å². The lowest BCUT2D eigenvalue weighted by Crippen LogP contribution is -1.98. The zero-order valence-corrected chi connectivity index (χ0v) is 9.22. The second-order valence-corrected chi connectivity index (χ2v) is 4.30. The van der Waals surface area contributed by atoms with E-state index in [-0.39, 0.29) is 0 Å². The number of nitrogens with two attached hydrogens (primary N) is 1. The average molecular weight is 214 g/mol. The molecule has 3 rings (SSSR count). The van der Waals surface area contributed by atoms with E-state index in [0.717, 1.165) is 22.5 Å². The van der Waals surface area contributed by atoms with Crippen molar-refractivity contribution in [1.29, 1.82) is 0 Å². The highest BCUT2D eigenvalue weighted by molar-refractivity contribution is 5.69. The first-order chi connectivity index (χ1) is 7.75. The molecule has 1 aromatic carbocycles. The molecule has 16 heavy (non-hydrogen) atoms. The molecule has 0 spiro atoms. The quantitative estimate of drug-likeness (QED) is 0.779. The summed E-state index contributed by atoms with van der Waals surface area (Å²) in [6.07, 6.45) is 4.22. The van der Waals surface area contributed by atoms with E-state index in [1.54, 1.807) is 0 Å². The summed E-state index contributed by atoms with van der Waals surface area (Å²) in [7, 11) is 0. The van der Waals surface area contributed by atoms with E-state index >= 15 is 0 Å². The molecule has 0 saturated heterocycles. The van der Waals surface area contributed by atoms with Gasteiger partial charge in [-0.05, 0) is 31.4 Å². The maximum Gasteiger partial charge on any atom is 0.113 e. The highest BCUT2D eigenvalue weighted by Crippen LogP contribution is 2.34. The summed E-state index contributed by atoms with van der Waals surface area (Å²) in [5.41, 5.74) is 9.75. The molecule has 1 heterocycles. The second kappa shape index (κ2) is 3.33. The molecule has 4 nitrogen and oxygen atoms in total. The number of anilines is 1. The molecule has 1 saturated carbocycles. The molecule has 82 valence electrons.